The van der Waals surface area contributed by atoms with Crippen LogP contribution in [-0.2, 0) is 0 Å². The van der Waals surface area contributed by atoms with Crippen molar-refractivity contribution in [3.8, 4) is 11.4 Å². The zero-order valence-corrected chi connectivity index (χ0v) is 14.9. The Morgan fingerprint density at radius 2 is 1.92 bits per heavy atom. The molecule has 0 amide bonds. The van der Waals surface area contributed by atoms with Gasteiger partial charge in [-0.3, -0.25) is 0 Å². The van der Waals surface area contributed by atoms with Crippen molar-refractivity contribution in [1.82, 2.24) is 0 Å². The molecule has 1 saturated carbocycles. The molecule has 0 aromatic carbocycles. The maximum absolute atomic E-state index is 2.80. The zero-order chi connectivity index (χ0) is 16.0. The molecule has 1 fully saturated rings. The second-order valence-electron chi connectivity index (χ2n) is 7.84. The Morgan fingerprint density at radius 3 is 2.75 bits per heavy atom. The van der Waals surface area contributed by atoms with Crippen molar-refractivity contribution in [2.45, 2.75) is 37.4 Å². The van der Waals surface area contributed by atoms with E-state index in [1.165, 1.54) is 36.3 Å². The van der Waals surface area contributed by atoms with E-state index in [9.17, 15) is 0 Å². The van der Waals surface area contributed by atoms with Crippen molar-refractivity contribution in [2.24, 2.45) is 0 Å². The van der Waals surface area contributed by atoms with Gasteiger partial charge in [-0.2, -0.15) is 0 Å². The van der Waals surface area contributed by atoms with Crippen LogP contribution in [0.5, 0.6) is 0 Å². The van der Waals surface area contributed by atoms with Crippen molar-refractivity contribution in [2.75, 3.05) is 6.66 Å². The first-order valence-corrected chi connectivity index (χ1v) is 11.7. The van der Waals surface area contributed by atoms with E-state index in [0.717, 1.165) is 12.1 Å². The topological polar surface area (TPSA) is 10.8 Å². The van der Waals surface area contributed by atoms with Crippen LogP contribution in [0.3, 0.4) is 0 Å². The molecule has 3 aliphatic heterocycles. The van der Waals surface area contributed by atoms with Gasteiger partial charge >= 0.3 is 142 Å². The molecule has 4 heteroatoms. The molecule has 0 radical (unpaired) electrons. The predicted molar refractivity (Wildman–Crippen MR) is 96.4 cm³/mol. The third kappa shape index (κ3) is 1.15. The van der Waals surface area contributed by atoms with Crippen LogP contribution in [-0.4, -0.2) is 22.9 Å². The Bertz CT molecular complexity index is 975. The summed E-state index contributed by atoms with van der Waals surface area (Å²) in [6, 6.07) is 14.2. The van der Waals surface area contributed by atoms with Crippen molar-refractivity contribution in [3.05, 3.63) is 60.4 Å². The molecule has 2 aromatic heterocycles. The molecular weight excluding hydrogens is 313 g/mol. The number of aromatic nitrogens is 2. The molecule has 4 aliphatic rings. The molecule has 5 heterocycles. The van der Waals surface area contributed by atoms with E-state index in [2.05, 4.69) is 80.6 Å². The van der Waals surface area contributed by atoms with Gasteiger partial charge in [0.15, 0.2) is 0 Å². The zero-order valence-electron chi connectivity index (χ0n) is 14.0. The molecule has 2 aromatic rings. The molecule has 6 rings (SSSR count). The molecular formula is C20H23N3P+3. The van der Waals surface area contributed by atoms with Gasteiger partial charge in [-0.25, -0.2) is 0 Å². The Labute approximate surface area is 142 Å². The second kappa shape index (κ2) is 4.03. The van der Waals surface area contributed by atoms with Gasteiger partial charge in [0.05, 0.1) is 0 Å². The summed E-state index contributed by atoms with van der Waals surface area (Å²) in [5.41, 5.74) is 5.10. The van der Waals surface area contributed by atoms with Crippen LogP contribution in [0, 0.1) is 0 Å². The van der Waals surface area contributed by atoms with Gasteiger partial charge in [0, 0.05) is 0 Å². The summed E-state index contributed by atoms with van der Waals surface area (Å²) in [7, 11) is -2.49. The first-order chi connectivity index (χ1) is 11.7. The van der Waals surface area contributed by atoms with Gasteiger partial charge in [0.2, 0.25) is 0 Å². The van der Waals surface area contributed by atoms with E-state index < -0.39 is 7.06 Å². The number of fused-ring (bicyclic) bond motifs is 6. The fraction of sp³-hybridized carbons (Fsp3) is 0.350. The van der Waals surface area contributed by atoms with E-state index in [4.69, 9.17) is 0 Å². The molecule has 0 spiro atoms. The summed E-state index contributed by atoms with van der Waals surface area (Å²) >= 11 is 0. The monoisotopic (exact) mass is 336 g/mol. The Hall–Kier alpha value is -1.86. The molecule has 1 aliphatic carbocycles. The van der Waals surface area contributed by atoms with Crippen molar-refractivity contribution < 1.29 is 13.0 Å². The SMILES string of the molecule is CP12(C3CCC3)[N+]3=CC=CCC3c3cccc([n+]31)-c1cccc[n+]12. The molecule has 24 heavy (non-hydrogen) atoms. The first-order valence-electron chi connectivity index (χ1n) is 9.12. The third-order valence-corrected chi connectivity index (χ3v) is 13.6. The minimum absolute atomic E-state index is 0.499. The van der Waals surface area contributed by atoms with E-state index in [-0.39, 0.29) is 0 Å². The van der Waals surface area contributed by atoms with Crippen molar-refractivity contribution in [1.29, 1.82) is 0 Å². The van der Waals surface area contributed by atoms with Crippen molar-refractivity contribution in [3.63, 3.8) is 0 Å². The van der Waals surface area contributed by atoms with Crippen LogP contribution in [0.25, 0.3) is 11.4 Å². The van der Waals surface area contributed by atoms with Crippen LogP contribution in [0.4, 0.5) is 0 Å². The Morgan fingerprint density at radius 1 is 1.04 bits per heavy atom. The molecule has 1 atom stereocenters. The third-order valence-electron chi connectivity index (χ3n) is 7.02. The average Bonchev–Trinajstić information content (AvgIpc) is 2.96. The van der Waals surface area contributed by atoms with Crippen LogP contribution in [0.1, 0.15) is 37.4 Å². The van der Waals surface area contributed by atoms with Gasteiger partial charge < -0.3 is 0 Å². The normalized spacial score (nSPS) is 28.8. The van der Waals surface area contributed by atoms with Gasteiger partial charge in [-0.15, -0.1) is 0 Å². The quantitative estimate of drug-likeness (QED) is 0.708. The minimum atomic E-state index is -2.49. The standard InChI is InChI=1S/C20H23N3P/c1-24(16-8-6-9-16)21-14-4-2-10-17(21)19-12-7-13-20(23(19)24)18-11-3-5-15-22(18)24/h2-5,7,10,12-16,18H,6,8-9,11H2,1H3/q+3. The van der Waals surface area contributed by atoms with E-state index >= 15 is 0 Å². The summed E-state index contributed by atoms with van der Waals surface area (Å²) < 4.78 is 8.30. The van der Waals surface area contributed by atoms with E-state index in [1.807, 2.05) is 0 Å². The summed E-state index contributed by atoms with van der Waals surface area (Å²) in [5, 5.41) is 0. The molecule has 0 N–H and O–H groups in total. The maximum atomic E-state index is 2.80. The number of pyridine rings is 2. The first kappa shape index (κ1) is 13.4. The van der Waals surface area contributed by atoms with Gasteiger partial charge in [-0.1, -0.05) is 0 Å². The van der Waals surface area contributed by atoms with Crippen LogP contribution in [0.2, 0.25) is 0 Å². The number of nitrogens with zero attached hydrogens (tertiary/aromatic N) is 3. The number of hydrogen-bond acceptors (Lipinski definition) is 0. The summed E-state index contributed by atoms with van der Waals surface area (Å²) in [5.74, 6) is 0. The van der Waals surface area contributed by atoms with Gasteiger partial charge in [-0.05, 0) is 0 Å². The number of allylic oxidation sites excluding steroid dienone is 1. The molecule has 0 saturated heterocycles. The second-order valence-corrected chi connectivity index (χ2v) is 12.8. The van der Waals surface area contributed by atoms with Crippen molar-refractivity contribution >= 4 is 13.3 Å². The summed E-state index contributed by atoms with van der Waals surface area (Å²) in [6.45, 7) is 2.62. The number of hydrogen-bond donors (Lipinski definition) is 0. The molecule has 3 nitrogen and oxygen atoms in total. The molecule has 0 bridgehead atoms. The van der Waals surface area contributed by atoms with Gasteiger partial charge in [0.1, 0.15) is 0 Å². The Balaban J connectivity index is 1.86. The van der Waals surface area contributed by atoms with Gasteiger partial charge in [0.25, 0.3) is 0 Å². The number of rotatable bonds is 1. The summed E-state index contributed by atoms with van der Waals surface area (Å²) in [4.78, 5) is 0. The van der Waals surface area contributed by atoms with Crippen LogP contribution >= 0.6 is 7.06 Å². The van der Waals surface area contributed by atoms with Crippen LogP contribution in [0.15, 0.2) is 54.7 Å². The Kier molecular flexibility index (Phi) is 2.25. The van der Waals surface area contributed by atoms with E-state index in [1.54, 1.807) is 0 Å². The summed E-state index contributed by atoms with van der Waals surface area (Å²) in [6.07, 6.45) is 14.6. The van der Waals surface area contributed by atoms with Crippen LogP contribution < -0.4 is 8.68 Å². The van der Waals surface area contributed by atoms with E-state index in [0.29, 0.717) is 6.04 Å². The molecule has 120 valence electrons. The predicted octanol–water partition coefficient (Wildman–Crippen LogP) is 3.22. The fourth-order valence-electron chi connectivity index (χ4n) is 5.75. The fourth-order valence-corrected chi connectivity index (χ4v) is 12.9. The average molecular weight is 336 g/mol. The molecule has 1 unspecified atom stereocenters.